The number of ether oxygens (including phenoxy) is 3. The third-order valence-corrected chi connectivity index (χ3v) is 10.4. The Morgan fingerprint density at radius 3 is 2.22 bits per heavy atom. The quantitative estimate of drug-likeness (QED) is 0.326. The molecule has 1 aliphatic carbocycles. The highest BCUT2D eigenvalue weighted by Gasteiger charge is 2.45. The normalized spacial score (nSPS) is 21.4. The summed E-state index contributed by atoms with van der Waals surface area (Å²) < 4.78 is 63.1. The van der Waals surface area contributed by atoms with Gasteiger partial charge in [-0.1, -0.05) is 44.2 Å². The van der Waals surface area contributed by atoms with Gasteiger partial charge in [-0.15, -0.1) is 0 Å². The maximum atomic E-state index is 16.9. The van der Waals surface area contributed by atoms with Gasteiger partial charge in [-0.25, -0.2) is 23.0 Å². The molecule has 0 bridgehead atoms. The van der Waals surface area contributed by atoms with Crippen LogP contribution in [0.5, 0.6) is 5.75 Å². The van der Waals surface area contributed by atoms with Crippen molar-refractivity contribution in [3.05, 3.63) is 53.3 Å². The van der Waals surface area contributed by atoms with Gasteiger partial charge < -0.3 is 19.1 Å². The van der Waals surface area contributed by atoms with E-state index in [-0.39, 0.29) is 42.5 Å². The zero-order valence-corrected chi connectivity index (χ0v) is 30.9. The van der Waals surface area contributed by atoms with Crippen LogP contribution in [0.15, 0.2) is 36.4 Å². The summed E-state index contributed by atoms with van der Waals surface area (Å²) in [6.07, 6.45) is 0.524. The molecule has 2 heterocycles. The van der Waals surface area contributed by atoms with E-state index in [0.29, 0.717) is 22.7 Å². The number of benzene rings is 2. The van der Waals surface area contributed by atoms with Gasteiger partial charge in [-0.3, -0.25) is 9.69 Å². The topological polar surface area (TPSA) is 135 Å². The molecule has 2 aliphatic heterocycles. The van der Waals surface area contributed by atoms with Crippen molar-refractivity contribution in [3.63, 3.8) is 0 Å². The Kier molecular flexibility index (Phi) is 10.4. The number of nitrogens with one attached hydrogen (secondary N) is 1. The van der Waals surface area contributed by atoms with Crippen LogP contribution in [0.4, 0.5) is 25.4 Å². The molecule has 2 aromatic carbocycles. The second-order valence-corrected chi connectivity index (χ2v) is 17.4. The molecule has 1 atom stereocenters. The van der Waals surface area contributed by atoms with Gasteiger partial charge in [0.2, 0.25) is 0 Å². The third kappa shape index (κ3) is 8.44. The van der Waals surface area contributed by atoms with E-state index in [4.69, 9.17) is 14.2 Å². The lowest BCUT2D eigenvalue weighted by molar-refractivity contribution is -0.117. The van der Waals surface area contributed by atoms with Crippen molar-refractivity contribution >= 4 is 39.7 Å². The molecule has 14 heteroatoms. The highest BCUT2D eigenvalue weighted by Crippen LogP contribution is 2.46. The van der Waals surface area contributed by atoms with E-state index in [2.05, 4.69) is 13.8 Å². The molecule has 3 aliphatic rings. The summed E-state index contributed by atoms with van der Waals surface area (Å²) >= 11 is 0. The molecule has 1 saturated heterocycles. The first kappa shape index (κ1) is 37.2. The first-order valence-electron chi connectivity index (χ1n) is 17.1. The Morgan fingerprint density at radius 2 is 1.66 bits per heavy atom. The monoisotopic (exact) mass is 716 g/mol. The van der Waals surface area contributed by atoms with Gasteiger partial charge in [0.1, 0.15) is 35.8 Å². The number of carbonyl (C=O) groups excluding carboxylic acids is 3. The predicted molar refractivity (Wildman–Crippen MR) is 187 cm³/mol. The summed E-state index contributed by atoms with van der Waals surface area (Å²) in [5.41, 5.74) is -1.25. The van der Waals surface area contributed by atoms with Gasteiger partial charge in [-0.2, -0.15) is 8.42 Å². The van der Waals surface area contributed by atoms with Crippen molar-refractivity contribution in [2.45, 2.75) is 98.5 Å². The second-order valence-electron chi connectivity index (χ2n) is 15.8. The molecule has 1 saturated carbocycles. The van der Waals surface area contributed by atoms with E-state index in [1.54, 1.807) is 70.7 Å². The van der Waals surface area contributed by atoms with Gasteiger partial charge in [0.15, 0.2) is 5.82 Å². The van der Waals surface area contributed by atoms with Crippen LogP contribution in [0.25, 0.3) is 0 Å². The smallest absolute Gasteiger partial charge is 0.415 e. The van der Waals surface area contributed by atoms with Gasteiger partial charge in [-0.05, 0) is 77.7 Å². The van der Waals surface area contributed by atoms with Crippen molar-refractivity contribution in [2.75, 3.05) is 28.8 Å². The summed E-state index contributed by atoms with van der Waals surface area (Å²) in [6.45, 7) is 14.5. The SMILES string of the molecule is CC(C)C1CC(CN(C[C@H]2Cc3c(cc(OCc4ccccc4)c(N4CC(=O)NS4(=O)=O)c3F)N2C(=O)OC(C)(C)C)C(=O)OC(C)(C)C)C1. The van der Waals surface area contributed by atoms with Crippen LogP contribution >= 0.6 is 0 Å². The molecule has 1 N–H and O–H groups in total. The first-order valence-corrected chi connectivity index (χ1v) is 18.5. The molecule has 0 spiro atoms. The van der Waals surface area contributed by atoms with Crippen molar-refractivity contribution < 1.29 is 41.4 Å². The fourth-order valence-corrected chi connectivity index (χ4v) is 7.76. The molecule has 0 unspecified atom stereocenters. The lowest BCUT2D eigenvalue weighted by Gasteiger charge is -2.42. The first-order chi connectivity index (χ1) is 23.2. The number of nitrogens with zero attached hydrogens (tertiary/aromatic N) is 3. The van der Waals surface area contributed by atoms with Crippen LogP contribution in [0, 0.1) is 23.6 Å². The summed E-state index contributed by atoms with van der Waals surface area (Å²) in [5.74, 6) is -0.647. The molecule has 0 aromatic heterocycles. The number of hydrogen-bond donors (Lipinski definition) is 1. The molecule has 0 radical (unpaired) electrons. The zero-order valence-electron chi connectivity index (χ0n) is 30.1. The van der Waals surface area contributed by atoms with Gasteiger partial charge in [0.25, 0.3) is 5.91 Å². The highest BCUT2D eigenvalue weighted by molar-refractivity contribution is 7.92. The predicted octanol–water partition coefficient (Wildman–Crippen LogP) is 6.17. The average Bonchev–Trinajstić information content (AvgIpc) is 3.46. The summed E-state index contributed by atoms with van der Waals surface area (Å²) in [6, 6.07) is 9.63. The van der Waals surface area contributed by atoms with Gasteiger partial charge in [0, 0.05) is 31.1 Å². The lowest BCUT2D eigenvalue weighted by atomic mass is 9.69. The standard InChI is InChI=1S/C36H49FN4O8S/c1-22(2)25-14-24(15-25)18-39(33(43)48-35(3,4)5)19-26-16-27-28(41(26)34(44)49-36(6,7)8)17-29(47-21-23-12-10-9-11-13-23)32(31(27)37)40-20-30(42)38-50(40,45)46/h9-13,17,22,24-26H,14-16,18-21H2,1-8H3,(H,38,42)/t24?,25?,26-/m1/s1. The van der Waals surface area contributed by atoms with Crippen LogP contribution in [0.3, 0.4) is 0 Å². The number of hydrogen-bond acceptors (Lipinski definition) is 8. The van der Waals surface area contributed by atoms with Crippen molar-refractivity contribution in [3.8, 4) is 5.75 Å². The van der Waals surface area contributed by atoms with Crippen LogP contribution in [0.2, 0.25) is 0 Å². The molecule has 5 rings (SSSR count). The van der Waals surface area contributed by atoms with Crippen LogP contribution < -0.4 is 18.7 Å². The minimum atomic E-state index is -4.43. The summed E-state index contributed by atoms with van der Waals surface area (Å²) in [5, 5.41) is 0. The lowest BCUT2D eigenvalue weighted by Crippen LogP contribution is -2.51. The van der Waals surface area contributed by atoms with E-state index >= 15 is 4.39 Å². The Bertz CT molecular complexity index is 1720. The van der Waals surface area contributed by atoms with E-state index in [1.165, 1.54) is 11.0 Å². The van der Waals surface area contributed by atoms with E-state index in [1.807, 2.05) is 10.8 Å². The maximum absolute atomic E-state index is 16.9. The largest absolute Gasteiger partial charge is 0.487 e. The number of fused-ring (bicyclic) bond motifs is 1. The molecule has 12 nitrogen and oxygen atoms in total. The van der Waals surface area contributed by atoms with Crippen LogP contribution in [0.1, 0.15) is 79.4 Å². The third-order valence-electron chi connectivity index (χ3n) is 9.02. The molecular weight excluding hydrogens is 667 g/mol. The number of amides is 3. The van der Waals surface area contributed by atoms with E-state index in [9.17, 15) is 22.8 Å². The molecule has 3 amide bonds. The summed E-state index contributed by atoms with van der Waals surface area (Å²) in [4.78, 5) is 42.8. The fraction of sp³-hybridized carbons (Fsp3) is 0.583. The summed E-state index contributed by atoms with van der Waals surface area (Å²) in [7, 11) is -4.43. The molecule has 50 heavy (non-hydrogen) atoms. The van der Waals surface area contributed by atoms with Gasteiger partial charge >= 0.3 is 22.4 Å². The Balaban J connectivity index is 1.57. The van der Waals surface area contributed by atoms with Crippen LogP contribution in [-0.2, 0) is 37.5 Å². The minimum Gasteiger partial charge on any atom is -0.487 e. The molecule has 2 fully saturated rings. The average molecular weight is 717 g/mol. The van der Waals surface area contributed by atoms with Crippen molar-refractivity contribution in [1.82, 2.24) is 9.62 Å². The van der Waals surface area contributed by atoms with E-state index in [0.717, 1.165) is 18.4 Å². The zero-order chi connectivity index (χ0) is 36.8. The fourth-order valence-electron chi connectivity index (χ4n) is 6.60. The van der Waals surface area contributed by atoms with Crippen LogP contribution in [-0.4, -0.2) is 68.3 Å². The number of carbonyl (C=O) groups is 3. The Hall–Kier alpha value is -4.07. The maximum Gasteiger partial charge on any atom is 0.415 e. The highest BCUT2D eigenvalue weighted by atomic mass is 32.2. The minimum absolute atomic E-state index is 0.00269. The number of rotatable bonds is 9. The van der Waals surface area contributed by atoms with Gasteiger partial charge in [0.05, 0.1) is 11.7 Å². The molecular formula is C36H49FN4O8S. The Morgan fingerprint density at radius 1 is 1.02 bits per heavy atom. The molecule has 2 aromatic rings. The Labute approximate surface area is 294 Å². The van der Waals surface area contributed by atoms with Crippen molar-refractivity contribution in [2.24, 2.45) is 17.8 Å². The molecule has 274 valence electrons. The van der Waals surface area contributed by atoms with Crippen molar-refractivity contribution in [1.29, 1.82) is 0 Å². The number of anilines is 2. The second kappa shape index (κ2) is 13.9. The number of halogens is 1. The van der Waals surface area contributed by atoms with E-state index < -0.39 is 63.6 Å².